The Hall–Kier alpha value is -1.13. The van der Waals surface area contributed by atoms with Gasteiger partial charge in [0, 0.05) is 19.6 Å². The second-order valence-electron chi connectivity index (χ2n) is 4.99. The first-order valence-electron chi connectivity index (χ1n) is 7.58. The van der Waals surface area contributed by atoms with Crippen LogP contribution in [0.4, 0.5) is 10.1 Å². The Balaban J connectivity index is 2.91. The van der Waals surface area contributed by atoms with Crippen LogP contribution in [-0.2, 0) is 6.54 Å². The van der Waals surface area contributed by atoms with Crippen LogP contribution < -0.4 is 10.2 Å². The maximum Gasteiger partial charge on any atom is 0.146 e. The molecule has 0 aliphatic rings. The van der Waals surface area contributed by atoms with Gasteiger partial charge in [-0.1, -0.05) is 32.4 Å². The highest BCUT2D eigenvalue weighted by Crippen LogP contribution is 2.25. The van der Waals surface area contributed by atoms with Crippen molar-refractivity contribution in [3.8, 4) is 0 Å². The summed E-state index contributed by atoms with van der Waals surface area (Å²) in [5.74, 6) is -0.203. The molecule has 1 aromatic rings. The van der Waals surface area contributed by atoms with E-state index in [9.17, 15) is 9.50 Å². The summed E-state index contributed by atoms with van der Waals surface area (Å²) in [6.45, 7) is 7.10. The van der Waals surface area contributed by atoms with Crippen LogP contribution in [0.25, 0.3) is 0 Å². The maximum atomic E-state index is 14.2. The van der Waals surface area contributed by atoms with Gasteiger partial charge in [0.1, 0.15) is 5.82 Å². The van der Waals surface area contributed by atoms with E-state index in [1.54, 1.807) is 6.07 Å². The summed E-state index contributed by atoms with van der Waals surface area (Å²) in [5.41, 5.74) is 1.60. The van der Waals surface area contributed by atoms with Gasteiger partial charge in [0.15, 0.2) is 0 Å². The number of aliphatic hydroxyl groups excluding tert-OH is 1. The quantitative estimate of drug-likeness (QED) is 0.648. The van der Waals surface area contributed by atoms with E-state index in [0.717, 1.165) is 37.9 Å². The highest BCUT2D eigenvalue weighted by molar-refractivity contribution is 5.55. The van der Waals surface area contributed by atoms with Gasteiger partial charge in [0.05, 0.1) is 12.3 Å². The lowest BCUT2D eigenvalue weighted by Crippen LogP contribution is -2.30. The molecule has 20 heavy (non-hydrogen) atoms. The summed E-state index contributed by atoms with van der Waals surface area (Å²) in [5, 5.41) is 12.5. The van der Waals surface area contributed by atoms with Gasteiger partial charge in [-0.15, -0.1) is 0 Å². The van der Waals surface area contributed by atoms with Crippen molar-refractivity contribution >= 4 is 5.69 Å². The van der Waals surface area contributed by atoms with Gasteiger partial charge in [0.2, 0.25) is 0 Å². The van der Waals surface area contributed by atoms with Crippen molar-refractivity contribution in [2.75, 3.05) is 31.1 Å². The van der Waals surface area contributed by atoms with Crippen LogP contribution in [0.5, 0.6) is 0 Å². The molecule has 0 unspecified atom stereocenters. The first-order chi connectivity index (χ1) is 9.74. The molecule has 0 saturated carbocycles. The third-order valence-corrected chi connectivity index (χ3v) is 3.28. The minimum absolute atomic E-state index is 0.0415. The zero-order chi connectivity index (χ0) is 14.8. The molecule has 114 valence electrons. The third-order valence-electron chi connectivity index (χ3n) is 3.28. The Labute approximate surface area is 121 Å². The fraction of sp³-hybridized carbons (Fsp3) is 0.625. The number of aliphatic hydroxyl groups is 1. The van der Waals surface area contributed by atoms with E-state index >= 15 is 0 Å². The molecule has 4 heteroatoms. The molecular formula is C16H27FN2O. The number of benzene rings is 1. The Morgan fingerprint density at radius 3 is 2.65 bits per heavy atom. The van der Waals surface area contributed by atoms with E-state index in [0.29, 0.717) is 18.8 Å². The summed E-state index contributed by atoms with van der Waals surface area (Å²) in [6, 6.07) is 5.20. The highest BCUT2D eigenvalue weighted by Gasteiger charge is 2.15. The Bertz CT molecular complexity index is 385. The Kier molecular flexibility index (Phi) is 8.23. The Morgan fingerprint density at radius 2 is 2.00 bits per heavy atom. The van der Waals surface area contributed by atoms with Crippen LogP contribution in [0, 0.1) is 5.82 Å². The SMILES string of the molecule is CCCCN(CCO)c1c(F)cccc1CNCCC. The van der Waals surface area contributed by atoms with Crippen molar-refractivity contribution in [2.24, 2.45) is 0 Å². The van der Waals surface area contributed by atoms with Gasteiger partial charge in [0.25, 0.3) is 0 Å². The van der Waals surface area contributed by atoms with Crippen LogP contribution in [0.2, 0.25) is 0 Å². The standard InChI is InChI=1S/C16H27FN2O/c1-3-5-10-19(11-12-20)16-14(13-18-9-4-2)7-6-8-15(16)17/h6-8,18,20H,3-5,9-13H2,1-2H3. The molecule has 0 aliphatic carbocycles. The maximum absolute atomic E-state index is 14.2. The number of nitrogens with one attached hydrogen (secondary N) is 1. The van der Waals surface area contributed by atoms with E-state index < -0.39 is 0 Å². The molecule has 0 heterocycles. The number of hydrogen-bond donors (Lipinski definition) is 2. The number of anilines is 1. The van der Waals surface area contributed by atoms with E-state index in [2.05, 4.69) is 19.2 Å². The third kappa shape index (κ3) is 5.10. The van der Waals surface area contributed by atoms with E-state index in [-0.39, 0.29) is 12.4 Å². The summed E-state index contributed by atoms with van der Waals surface area (Å²) in [4.78, 5) is 1.96. The fourth-order valence-electron chi connectivity index (χ4n) is 2.26. The second-order valence-corrected chi connectivity index (χ2v) is 4.99. The number of rotatable bonds is 10. The molecule has 0 spiro atoms. The molecule has 0 saturated heterocycles. The number of unbranched alkanes of at least 4 members (excludes halogenated alkanes) is 1. The molecule has 0 amide bonds. The topological polar surface area (TPSA) is 35.5 Å². The number of nitrogens with zero attached hydrogens (tertiary/aromatic N) is 1. The summed E-state index contributed by atoms with van der Waals surface area (Å²) >= 11 is 0. The normalized spacial score (nSPS) is 10.8. The van der Waals surface area contributed by atoms with Crippen molar-refractivity contribution in [3.05, 3.63) is 29.6 Å². The largest absolute Gasteiger partial charge is 0.395 e. The molecule has 1 rings (SSSR count). The van der Waals surface area contributed by atoms with Crippen molar-refractivity contribution in [3.63, 3.8) is 0 Å². The average molecular weight is 282 g/mol. The lowest BCUT2D eigenvalue weighted by atomic mass is 10.1. The second kappa shape index (κ2) is 9.72. The van der Waals surface area contributed by atoms with E-state index in [1.807, 2.05) is 11.0 Å². The Morgan fingerprint density at radius 1 is 1.20 bits per heavy atom. The van der Waals surface area contributed by atoms with Crippen molar-refractivity contribution < 1.29 is 9.50 Å². The van der Waals surface area contributed by atoms with Crippen molar-refractivity contribution in [2.45, 2.75) is 39.7 Å². The van der Waals surface area contributed by atoms with Crippen LogP contribution in [0.1, 0.15) is 38.7 Å². The zero-order valence-electron chi connectivity index (χ0n) is 12.7. The van der Waals surface area contributed by atoms with E-state index in [4.69, 9.17) is 0 Å². The minimum atomic E-state index is -0.203. The molecule has 0 atom stereocenters. The van der Waals surface area contributed by atoms with Crippen LogP contribution in [0.3, 0.4) is 0 Å². The van der Waals surface area contributed by atoms with Crippen molar-refractivity contribution in [1.82, 2.24) is 5.32 Å². The smallest absolute Gasteiger partial charge is 0.146 e. The predicted octanol–water partition coefficient (Wildman–Crippen LogP) is 2.92. The molecular weight excluding hydrogens is 255 g/mol. The summed E-state index contributed by atoms with van der Waals surface area (Å²) in [6.07, 6.45) is 3.11. The molecule has 0 fully saturated rings. The van der Waals surface area contributed by atoms with Gasteiger partial charge >= 0.3 is 0 Å². The fourth-order valence-corrected chi connectivity index (χ4v) is 2.26. The average Bonchev–Trinajstić information content (AvgIpc) is 2.44. The van der Waals surface area contributed by atoms with Gasteiger partial charge in [-0.2, -0.15) is 0 Å². The van der Waals surface area contributed by atoms with Gasteiger partial charge in [-0.05, 0) is 31.0 Å². The van der Waals surface area contributed by atoms with Crippen molar-refractivity contribution in [1.29, 1.82) is 0 Å². The highest BCUT2D eigenvalue weighted by atomic mass is 19.1. The number of halogens is 1. The molecule has 1 aromatic carbocycles. The first kappa shape index (κ1) is 16.9. The number of para-hydroxylation sites is 1. The van der Waals surface area contributed by atoms with Crippen LogP contribution >= 0.6 is 0 Å². The monoisotopic (exact) mass is 282 g/mol. The molecule has 0 aliphatic heterocycles. The predicted molar refractivity (Wildman–Crippen MR) is 82.6 cm³/mol. The lowest BCUT2D eigenvalue weighted by molar-refractivity contribution is 0.301. The van der Waals surface area contributed by atoms with E-state index in [1.165, 1.54) is 6.07 Å². The molecule has 0 radical (unpaired) electrons. The minimum Gasteiger partial charge on any atom is -0.395 e. The zero-order valence-corrected chi connectivity index (χ0v) is 12.7. The molecule has 3 nitrogen and oxygen atoms in total. The van der Waals surface area contributed by atoms with Crippen LogP contribution in [-0.4, -0.2) is 31.3 Å². The molecule has 0 bridgehead atoms. The van der Waals surface area contributed by atoms with Gasteiger partial charge < -0.3 is 15.3 Å². The summed E-state index contributed by atoms with van der Waals surface area (Å²) in [7, 11) is 0. The molecule has 0 aromatic heterocycles. The van der Waals surface area contributed by atoms with Gasteiger partial charge in [-0.25, -0.2) is 4.39 Å². The molecule has 2 N–H and O–H groups in total. The summed E-state index contributed by atoms with van der Waals surface area (Å²) < 4.78 is 14.2. The lowest BCUT2D eigenvalue weighted by Gasteiger charge is -2.27. The first-order valence-corrected chi connectivity index (χ1v) is 7.58. The van der Waals surface area contributed by atoms with Gasteiger partial charge in [-0.3, -0.25) is 0 Å². The number of hydrogen-bond acceptors (Lipinski definition) is 3. The van der Waals surface area contributed by atoms with Crippen LogP contribution in [0.15, 0.2) is 18.2 Å².